The van der Waals surface area contributed by atoms with E-state index in [2.05, 4.69) is 37.4 Å². The summed E-state index contributed by atoms with van der Waals surface area (Å²) in [7, 11) is 1.93. The molecule has 84 valence electrons. The molecule has 0 aliphatic carbocycles. The summed E-state index contributed by atoms with van der Waals surface area (Å²) < 4.78 is 5.74. The van der Waals surface area contributed by atoms with Crippen LogP contribution in [0.5, 0.6) is 5.75 Å². The van der Waals surface area contributed by atoms with Gasteiger partial charge in [0.2, 0.25) is 0 Å². The van der Waals surface area contributed by atoms with Gasteiger partial charge in [-0.25, -0.2) is 0 Å². The molecule has 0 saturated heterocycles. The summed E-state index contributed by atoms with van der Waals surface area (Å²) >= 11 is 0. The number of para-hydroxylation sites is 1. The molecule has 1 aromatic rings. The van der Waals surface area contributed by atoms with E-state index in [9.17, 15) is 0 Å². The predicted octanol–water partition coefficient (Wildman–Crippen LogP) is 2.80. The van der Waals surface area contributed by atoms with Gasteiger partial charge in [-0.3, -0.25) is 0 Å². The zero-order valence-electron chi connectivity index (χ0n) is 9.92. The Hall–Kier alpha value is -1.02. The van der Waals surface area contributed by atoms with Gasteiger partial charge in [0.25, 0.3) is 0 Å². The Bertz CT molecular complexity index is 286. The van der Waals surface area contributed by atoms with E-state index in [1.807, 2.05) is 13.1 Å². The van der Waals surface area contributed by atoms with Crippen LogP contribution in [0.3, 0.4) is 0 Å². The molecule has 0 heterocycles. The molecule has 2 heteroatoms. The molecular formula is C13H21NO. The SMILES string of the molecule is CCC(C)c1ccccc1OCCNC. The lowest BCUT2D eigenvalue weighted by atomic mass is 9.98. The number of benzene rings is 1. The van der Waals surface area contributed by atoms with E-state index in [1.165, 1.54) is 5.56 Å². The third kappa shape index (κ3) is 3.56. The van der Waals surface area contributed by atoms with Crippen molar-refractivity contribution in [3.63, 3.8) is 0 Å². The van der Waals surface area contributed by atoms with Gasteiger partial charge in [-0.15, -0.1) is 0 Å². The molecule has 0 radical (unpaired) electrons. The minimum Gasteiger partial charge on any atom is -0.492 e. The standard InChI is InChI=1S/C13H21NO/c1-4-11(2)12-7-5-6-8-13(12)15-10-9-14-3/h5-8,11,14H,4,9-10H2,1-3H3. The van der Waals surface area contributed by atoms with E-state index in [-0.39, 0.29) is 0 Å². The van der Waals surface area contributed by atoms with Gasteiger partial charge in [-0.05, 0) is 31.0 Å². The number of rotatable bonds is 6. The number of hydrogen-bond acceptors (Lipinski definition) is 2. The average Bonchev–Trinajstić information content (AvgIpc) is 2.29. The van der Waals surface area contributed by atoms with Gasteiger partial charge in [0.05, 0.1) is 0 Å². The van der Waals surface area contributed by atoms with E-state index in [0.717, 1.165) is 25.3 Å². The first-order valence-electron chi connectivity index (χ1n) is 5.66. The van der Waals surface area contributed by atoms with Crippen LogP contribution in [0.2, 0.25) is 0 Å². The number of ether oxygens (including phenoxy) is 1. The van der Waals surface area contributed by atoms with Crippen molar-refractivity contribution in [3.8, 4) is 5.75 Å². The van der Waals surface area contributed by atoms with Gasteiger partial charge in [0.1, 0.15) is 12.4 Å². The van der Waals surface area contributed by atoms with Crippen LogP contribution in [-0.4, -0.2) is 20.2 Å². The minimum absolute atomic E-state index is 0.566. The molecule has 15 heavy (non-hydrogen) atoms. The number of hydrogen-bond donors (Lipinski definition) is 1. The van der Waals surface area contributed by atoms with E-state index < -0.39 is 0 Å². The maximum Gasteiger partial charge on any atom is 0.122 e. The van der Waals surface area contributed by atoms with E-state index >= 15 is 0 Å². The largest absolute Gasteiger partial charge is 0.492 e. The molecule has 0 aliphatic heterocycles. The van der Waals surface area contributed by atoms with Crippen LogP contribution in [0.25, 0.3) is 0 Å². The second-order valence-electron chi connectivity index (χ2n) is 3.80. The first kappa shape index (κ1) is 12.1. The summed E-state index contributed by atoms with van der Waals surface area (Å²) in [6.45, 7) is 6.05. The Morgan fingerprint density at radius 1 is 1.33 bits per heavy atom. The van der Waals surface area contributed by atoms with Gasteiger partial charge in [-0.2, -0.15) is 0 Å². The lowest BCUT2D eigenvalue weighted by molar-refractivity contribution is 0.313. The molecule has 0 amide bonds. The van der Waals surface area contributed by atoms with Crippen molar-refractivity contribution in [2.24, 2.45) is 0 Å². The fraction of sp³-hybridized carbons (Fsp3) is 0.538. The van der Waals surface area contributed by atoms with Gasteiger partial charge >= 0.3 is 0 Å². The lowest BCUT2D eigenvalue weighted by Gasteiger charge is -2.15. The monoisotopic (exact) mass is 207 g/mol. The van der Waals surface area contributed by atoms with Crippen LogP contribution in [-0.2, 0) is 0 Å². The quantitative estimate of drug-likeness (QED) is 0.724. The van der Waals surface area contributed by atoms with Gasteiger partial charge in [0, 0.05) is 6.54 Å². The molecule has 1 unspecified atom stereocenters. The lowest BCUT2D eigenvalue weighted by Crippen LogP contribution is -2.16. The zero-order valence-corrected chi connectivity index (χ0v) is 9.92. The zero-order chi connectivity index (χ0) is 11.1. The predicted molar refractivity (Wildman–Crippen MR) is 64.6 cm³/mol. The topological polar surface area (TPSA) is 21.3 Å². The van der Waals surface area contributed by atoms with Crippen LogP contribution in [0.15, 0.2) is 24.3 Å². The summed E-state index contributed by atoms with van der Waals surface area (Å²) in [6, 6.07) is 8.31. The van der Waals surface area contributed by atoms with Crippen LogP contribution < -0.4 is 10.1 Å². The first-order chi connectivity index (χ1) is 7.29. The highest BCUT2D eigenvalue weighted by Crippen LogP contribution is 2.28. The number of nitrogens with one attached hydrogen (secondary N) is 1. The third-order valence-corrected chi connectivity index (χ3v) is 2.67. The van der Waals surface area contributed by atoms with E-state index in [1.54, 1.807) is 0 Å². The summed E-state index contributed by atoms with van der Waals surface area (Å²) in [6.07, 6.45) is 1.15. The minimum atomic E-state index is 0.566. The van der Waals surface area contributed by atoms with Gasteiger partial charge < -0.3 is 10.1 Å². The maximum absolute atomic E-state index is 5.74. The summed E-state index contributed by atoms with van der Waals surface area (Å²) in [5.41, 5.74) is 1.32. The van der Waals surface area contributed by atoms with Crippen LogP contribution >= 0.6 is 0 Å². The fourth-order valence-electron chi connectivity index (χ4n) is 1.50. The van der Waals surface area contributed by atoms with Crippen molar-refractivity contribution in [2.75, 3.05) is 20.2 Å². The Labute approximate surface area is 92.6 Å². The molecule has 0 aromatic heterocycles. The molecule has 0 spiro atoms. The summed E-state index contributed by atoms with van der Waals surface area (Å²) in [5, 5.41) is 3.08. The van der Waals surface area contributed by atoms with Crippen LogP contribution in [0, 0.1) is 0 Å². The fourth-order valence-corrected chi connectivity index (χ4v) is 1.50. The molecule has 1 aromatic carbocycles. The highest BCUT2D eigenvalue weighted by atomic mass is 16.5. The van der Waals surface area contributed by atoms with Crippen molar-refractivity contribution < 1.29 is 4.74 Å². The van der Waals surface area contributed by atoms with Crippen LogP contribution in [0.4, 0.5) is 0 Å². The molecule has 1 atom stereocenters. The highest BCUT2D eigenvalue weighted by molar-refractivity contribution is 5.35. The molecule has 0 aliphatic rings. The molecule has 0 saturated carbocycles. The van der Waals surface area contributed by atoms with E-state index in [4.69, 9.17) is 4.74 Å². The van der Waals surface area contributed by atoms with Crippen LogP contribution in [0.1, 0.15) is 31.7 Å². The molecular weight excluding hydrogens is 186 g/mol. The second kappa shape index (κ2) is 6.46. The molecule has 1 rings (SSSR count). The Balaban J connectivity index is 2.68. The maximum atomic E-state index is 5.74. The average molecular weight is 207 g/mol. The summed E-state index contributed by atoms with van der Waals surface area (Å²) in [5.74, 6) is 1.60. The van der Waals surface area contributed by atoms with E-state index in [0.29, 0.717) is 5.92 Å². The molecule has 0 fully saturated rings. The van der Waals surface area contributed by atoms with Crippen molar-refractivity contribution >= 4 is 0 Å². The van der Waals surface area contributed by atoms with Gasteiger partial charge in [-0.1, -0.05) is 32.0 Å². The second-order valence-corrected chi connectivity index (χ2v) is 3.80. The molecule has 1 N–H and O–H groups in total. The first-order valence-corrected chi connectivity index (χ1v) is 5.66. The third-order valence-electron chi connectivity index (χ3n) is 2.67. The van der Waals surface area contributed by atoms with Crippen molar-refractivity contribution in [1.82, 2.24) is 5.32 Å². The smallest absolute Gasteiger partial charge is 0.122 e. The van der Waals surface area contributed by atoms with Gasteiger partial charge in [0.15, 0.2) is 0 Å². The Morgan fingerprint density at radius 2 is 2.07 bits per heavy atom. The normalized spacial score (nSPS) is 12.5. The number of likely N-dealkylation sites (N-methyl/N-ethyl adjacent to an activating group) is 1. The van der Waals surface area contributed by atoms with Crippen molar-refractivity contribution in [3.05, 3.63) is 29.8 Å². The Kier molecular flexibility index (Phi) is 5.19. The van der Waals surface area contributed by atoms with Crippen molar-refractivity contribution in [1.29, 1.82) is 0 Å². The van der Waals surface area contributed by atoms with Crippen molar-refractivity contribution in [2.45, 2.75) is 26.2 Å². The highest BCUT2D eigenvalue weighted by Gasteiger charge is 2.08. The molecule has 2 nitrogen and oxygen atoms in total. The Morgan fingerprint density at radius 3 is 2.73 bits per heavy atom. The summed E-state index contributed by atoms with van der Waals surface area (Å²) in [4.78, 5) is 0. The molecule has 0 bridgehead atoms.